The summed E-state index contributed by atoms with van der Waals surface area (Å²) in [6.07, 6.45) is 9.22. The van der Waals surface area contributed by atoms with Crippen molar-refractivity contribution < 1.29 is 0 Å². The molecule has 0 aromatic carbocycles. The van der Waals surface area contributed by atoms with Gasteiger partial charge in [0, 0.05) is 18.6 Å². The Kier molecular flexibility index (Phi) is 5.70. The summed E-state index contributed by atoms with van der Waals surface area (Å²) in [5, 5.41) is 7.89. The molecule has 0 bridgehead atoms. The molecule has 0 aromatic heterocycles. The lowest BCUT2D eigenvalue weighted by Crippen LogP contribution is -2.52. The van der Waals surface area contributed by atoms with E-state index in [-0.39, 0.29) is 0 Å². The van der Waals surface area contributed by atoms with Crippen molar-refractivity contribution in [1.29, 1.82) is 0 Å². The van der Waals surface area contributed by atoms with Gasteiger partial charge < -0.3 is 15.5 Å². The van der Waals surface area contributed by atoms with Crippen LogP contribution in [-0.2, 0) is 0 Å². The minimum Gasteiger partial charge on any atom is -0.360 e. The molecule has 1 atom stereocenters. The monoisotopic (exact) mass is 269 g/mol. The smallest absolute Gasteiger partial charge is 0.166 e. The Morgan fingerprint density at radius 3 is 2.44 bits per heavy atom. The molecule has 2 rings (SSSR count). The van der Waals surface area contributed by atoms with Crippen LogP contribution in [0.1, 0.15) is 51.9 Å². The molecule has 1 aliphatic heterocycles. The van der Waals surface area contributed by atoms with Crippen molar-refractivity contribution in [2.75, 3.05) is 19.6 Å². The maximum Gasteiger partial charge on any atom is 0.166 e. The quantitative estimate of drug-likeness (QED) is 0.769. The molecule has 1 unspecified atom stereocenters. The van der Waals surface area contributed by atoms with E-state index in [1.165, 1.54) is 51.5 Å². The third-order valence-electron chi connectivity index (χ3n) is 4.23. The number of hydrogen-bond donors (Lipinski definition) is 2. The van der Waals surface area contributed by atoms with Crippen LogP contribution in [0, 0.1) is 0 Å². The zero-order valence-electron chi connectivity index (χ0n) is 11.6. The fourth-order valence-corrected chi connectivity index (χ4v) is 3.45. The summed E-state index contributed by atoms with van der Waals surface area (Å²) >= 11 is 5.45. The van der Waals surface area contributed by atoms with Gasteiger partial charge in [-0.1, -0.05) is 26.2 Å². The fourth-order valence-electron chi connectivity index (χ4n) is 3.12. The summed E-state index contributed by atoms with van der Waals surface area (Å²) in [6.45, 7) is 5.78. The van der Waals surface area contributed by atoms with Crippen LogP contribution in [0.5, 0.6) is 0 Å². The number of thiocarbonyl (C=S) groups is 1. The molecule has 18 heavy (non-hydrogen) atoms. The van der Waals surface area contributed by atoms with Crippen molar-refractivity contribution in [2.45, 2.75) is 64.0 Å². The minimum atomic E-state index is 0.544. The van der Waals surface area contributed by atoms with Crippen LogP contribution >= 0.6 is 12.2 Å². The Morgan fingerprint density at radius 2 is 1.72 bits per heavy atom. The second-order valence-electron chi connectivity index (χ2n) is 5.69. The first-order valence-electron chi connectivity index (χ1n) is 7.57. The SMILES string of the molecule is CCN1CCCC(NC(=S)NC2CCCCC2)C1. The van der Waals surface area contributed by atoms with Gasteiger partial charge in [0.1, 0.15) is 0 Å². The molecule has 3 nitrogen and oxygen atoms in total. The number of hydrogen-bond acceptors (Lipinski definition) is 2. The van der Waals surface area contributed by atoms with Crippen LogP contribution in [0.2, 0.25) is 0 Å². The van der Waals surface area contributed by atoms with Gasteiger partial charge in [-0.15, -0.1) is 0 Å². The van der Waals surface area contributed by atoms with E-state index < -0.39 is 0 Å². The number of rotatable bonds is 3. The van der Waals surface area contributed by atoms with E-state index in [1.807, 2.05) is 0 Å². The Morgan fingerprint density at radius 1 is 1.06 bits per heavy atom. The van der Waals surface area contributed by atoms with Gasteiger partial charge in [0.05, 0.1) is 0 Å². The first-order valence-corrected chi connectivity index (χ1v) is 7.98. The molecule has 104 valence electrons. The maximum absolute atomic E-state index is 5.45. The molecule has 1 heterocycles. The molecular formula is C14H27N3S. The highest BCUT2D eigenvalue weighted by Crippen LogP contribution is 2.17. The zero-order valence-corrected chi connectivity index (χ0v) is 12.4. The topological polar surface area (TPSA) is 27.3 Å². The molecule has 1 aliphatic carbocycles. The standard InChI is InChI=1S/C14H27N3S/c1-2-17-10-6-9-13(11-17)16-14(18)15-12-7-4-3-5-8-12/h12-13H,2-11H2,1H3,(H2,15,16,18). The van der Waals surface area contributed by atoms with E-state index in [9.17, 15) is 0 Å². The molecule has 0 aromatic rings. The lowest BCUT2D eigenvalue weighted by molar-refractivity contribution is 0.209. The number of piperidine rings is 1. The lowest BCUT2D eigenvalue weighted by Gasteiger charge is -2.34. The van der Waals surface area contributed by atoms with Crippen molar-refractivity contribution in [2.24, 2.45) is 0 Å². The van der Waals surface area contributed by atoms with Crippen LogP contribution in [0.25, 0.3) is 0 Å². The number of nitrogens with one attached hydrogen (secondary N) is 2. The van der Waals surface area contributed by atoms with Gasteiger partial charge in [0.2, 0.25) is 0 Å². The van der Waals surface area contributed by atoms with Gasteiger partial charge in [0.25, 0.3) is 0 Å². The van der Waals surface area contributed by atoms with E-state index in [2.05, 4.69) is 22.5 Å². The highest BCUT2D eigenvalue weighted by Gasteiger charge is 2.20. The number of likely N-dealkylation sites (N-methyl/N-ethyl adjacent to an activating group) is 1. The predicted molar refractivity (Wildman–Crippen MR) is 80.9 cm³/mol. The molecular weight excluding hydrogens is 242 g/mol. The first kappa shape index (κ1) is 14.1. The minimum absolute atomic E-state index is 0.544. The maximum atomic E-state index is 5.45. The second kappa shape index (κ2) is 7.29. The van der Waals surface area contributed by atoms with Crippen molar-refractivity contribution in [3.8, 4) is 0 Å². The summed E-state index contributed by atoms with van der Waals surface area (Å²) in [5.41, 5.74) is 0. The molecule has 1 saturated carbocycles. The molecule has 2 fully saturated rings. The van der Waals surface area contributed by atoms with Gasteiger partial charge in [-0.2, -0.15) is 0 Å². The average molecular weight is 269 g/mol. The summed E-state index contributed by atoms with van der Waals surface area (Å²) in [7, 11) is 0. The Balaban J connectivity index is 1.69. The van der Waals surface area contributed by atoms with Gasteiger partial charge in [-0.05, 0) is 51.0 Å². The van der Waals surface area contributed by atoms with Crippen molar-refractivity contribution in [3.05, 3.63) is 0 Å². The van der Waals surface area contributed by atoms with Crippen LogP contribution in [0.3, 0.4) is 0 Å². The Bertz CT molecular complexity index is 264. The van der Waals surface area contributed by atoms with Crippen LogP contribution in [0.4, 0.5) is 0 Å². The van der Waals surface area contributed by atoms with Gasteiger partial charge in [0.15, 0.2) is 5.11 Å². The van der Waals surface area contributed by atoms with Crippen molar-refractivity contribution >= 4 is 17.3 Å². The first-order chi connectivity index (χ1) is 8.78. The molecule has 2 aliphatic rings. The number of nitrogens with zero attached hydrogens (tertiary/aromatic N) is 1. The highest BCUT2D eigenvalue weighted by molar-refractivity contribution is 7.80. The van der Waals surface area contributed by atoms with Crippen molar-refractivity contribution in [1.82, 2.24) is 15.5 Å². The highest BCUT2D eigenvalue weighted by atomic mass is 32.1. The third-order valence-corrected chi connectivity index (χ3v) is 4.46. The van der Waals surface area contributed by atoms with Gasteiger partial charge in [-0.25, -0.2) is 0 Å². The fraction of sp³-hybridized carbons (Fsp3) is 0.929. The van der Waals surface area contributed by atoms with E-state index in [0.717, 1.165) is 18.2 Å². The second-order valence-corrected chi connectivity index (χ2v) is 6.09. The summed E-state index contributed by atoms with van der Waals surface area (Å²) in [6, 6.07) is 1.16. The summed E-state index contributed by atoms with van der Waals surface area (Å²) in [5.74, 6) is 0. The normalized spacial score (nSPS) is 26.8. The molecule has 0 radical (unpaired) electrons. The largest absolute Gasteiger partial charge is 0.360 e. The van der Waals surface area contributed by atoms with Crippen LogP contribution in [0.15, 0.2) is 0 Å². The van der Waals surface area contributed by atoms with E-state index in [1.54, 1.807) is 0 Å². The van der Waals surface area contributed by atoms with Gasteiger partial charge >= 0.3 is 0 Å². The lowest BCUT2D eigenvalue weighted by atomic mass is 9.96. The van der Waals surface area contributed by atoms with E-state index >= 15 is 0 Å². The molecule has 0 spiro atoms. The third kappa shape index (κ3) is 4.39. The summed E-state index contributed by atoms with van der Waals surface area (Å²) in [4.78, 5) is 2.50. The molecule has 2 N–H and O–H groups in total. The predicted octanol–water partition coefficient (Wildman–Crippen LogP) is 2.27. The van der Waals surface area contributed by atoms with Crippen molar-refractivity contribution in [3.63, 3.8) is 0 Å². The Labute approximate surface area is 117 Å². The summed E-state index contributed by atoms with van der Waals surface area (Å²) < 4.78 is 0. The van der Waals surface area contributed by atoms with Crippen LogP contribution < -0.4 is 10.6 Å². The molecule has 1 saturated heterocycles. The Hall–Kier alpha value is -0.350. The zero-order chi connectivity index (χ0) is 12.8. The average Bonchev–Trinajstić information content (AvgIpc) is 2.40. The van der Waals surface area contributed by atoms with E-state index in [4.69, 9.17) is 12.2 Å². The number of likely N-dealkylation sites (tertiary alicyclic amines) is 1. The van der Waals surface area contributed by atoms with Crippen LogP contribution in [-0.4, -0.2) is 41.7 Å². The molecule has 4 heteroatoms. The molecule has 0 amide bonds. The van der Waals surface area contributed by atoms with Gasteiger partial charge in [-0.3, -0.25) is 0 Å². The van der Waals surface area contributed by atoms with E-state index in [0.29, 0.717) is 12.1 Å².